The van der Waals surface area contributed by atoms with Gasteiger partial charge in [0.25, 0.3) is 0 Å². The Balaban J connectivity index is 3.62. The van der Waals surface area contributed by atoms with Crippen molar-refractivity contribution in [2.24, 2.45) is 0 Å². The zero-order valence-corrected chi connectivity index (χ0v) is 4.88. The molecule has 0 aromatic heterocycles. The lowest BCUT2D eigenvalue weighted by atomic mass is 10.5. The van der Waals surface area contributed by atoms with E-state index in [0.29, 0.717) is 0 Å². The summed E-state index contributed by atoms with van der Waals surface area (Å²) in [7, 11) is 0. The third-order valence-electron chi connectivity index (χ3n) is 0.355. The van der Waals surface area contributed by atoms with E-state index in [9.17, 15) is 13.2 Å². The Labute approximate surface area is 49.2 Å². The average Bonchev–Trinajstić information content (AvgIpc) is 1.62. The van der Waals surface area contributed by atoms with E-state index in [1.807, 2.05) is 0 Å². The maximum atomic E-state index is 11.3. The maximum Gasteiger partial charge on any atom is 0.400 e. The molecule has 0 bridgehead atoms. The van der Waals surface area contributed by atoms with Gasteiger partial charge in [0.05, 0.1) is 0 Å². The predicted octanol–water partition coefficient (Wildman–Crippen LogP) is 2.33. The van der Waals surface area contributed by atoms with Crippen LogP contribution in [0.15, 0.2) is 0 Å². The SMILES string of the molecule is [2H]CC(Br)C(F)(F)F. The zero-order valence-electron chi connectivity index (χ0n) is 4.30. The summed E-state index contributed by atoms with van der Waals surface area (Å²) in [5, 5.41) is 0. The van der Waals surface area contributed by atoms with Gasteiger partial charge in [-0.25, -0.2) is 0 Å². The summed E-state index contributed by atoms with van der Waals surface area (Å²) in [5.41, 5.74) is 0. The summed E-state index contributed by atoms with van der Waals surface area (Å²) in [6.45, 7) is -0.663. The second kappa shape index (κ2) is 2.03. The topological polar surface area (TPSA) is 0 Å². The lowest BCUT2D eigenvalue weighted by molar-refractivity contribution is -0.123. The zero-order chi connectivity index (χ0) is 6.78. The molecule has 0 radical (unpaired) electrons. The minimum Gasteiger partial charge on any atom is -0.170 e. The first kappa shape index (κ1) is 5.41. The highest BCUT2D eigenvalue weighted by Crippen LogP contribution is 2.24. The summed E-state index contributed by atoms with van der Waals surface area (Å²) in [6.07, 6.45) is -4.26. The molecule has 0 aromatic rings. The highest BCUT2D eigenvalue weighted by atomic mass is 79.9. The van der Waals surface area contributed by atoms with Gasteiger partial charge in [0, 0.05) is 1.37 Å². The molecule has 0 heterocycles. The number of halogens is 4. The minimum atomic E-state index is -4.26. The van der Waals surface area contributed by atoms with Crippen LogP contribution in [0.1, 0.15) is 8.27 Å². The number of hydrogen-bond acceptors (Lipinski definition) is 0. The Morgan fingerprint density at radius 1 is 1.71 bits per heavy atom. The molecule has 44 valence electrons. The van der Waals surface area contributed by atoms with Crippen LogP contribution in [-0.4, -0.2) is 11.0 Å². The van der Waals surface area contributed by atoms with Gasteiger partial charge in [-0.15, -0.1) is 0 Å². The standard InChI is InChI=1S/C3H4BrF3/c1-2(4)3(5,6)7/h2H,1H3/i1D. The smallest absolute Gasteiger partial charge is 0.170 e. The lowest BCUT2D eigenvalue weighted by Crippen LogP contribution is -2.18. The molecule has 7 heavy (non-hydrogen) atoms. The highest BCUT2D eigenvalue weighted by Gasteiger charge is 2.33. The molecule has 0 aromatic carbocycles. The molecule has 0 spiro atoms. The van der Waals surface area contributed by atoms with E-state index < -0.39 is 17.9 Å². The molecule has 0 aliphatic carbocycles. The van der Waals surface area contributed by atoms with Gasteiger partial charge in [-0.3, -0.25) is 0 Å². The Kier molecular flexibility index (Phi) is 1.57. The third-order valence-corrected chi connectivity index (χ3v) is 0.874. The highest BCUT2D eigenvalue weighted by molar-refractivity contribution is 9.09. The molecule has 0 saturated heterocycles. The maximum absolute atomic E-state index is 11.3. The van der Waals surface area contributed by atoms with E-state index in [2.05, 4.69) is 15.9 Å². The van der Waals surface area contributed by atoms with Crippen LogP contribution in [0.2, 0.25) is 0 Å². The first-order chi connectivity index (χ1) is 3.48. The normalized spacial score (nSPS) is 18.6. The Morgan fingerprint density at radius 3 is 2.14 bits per heavy atom. The number of alkyl halides is 4. The minimum absolute atomic E-state index is 0.663. The van der Waals surface area contributed by atoms with Gasteiger partial charge in [-0.1, -0.05) is 15.9 Å². The number of rotatable bonds is 0. The van der Waals surface area contributed by atoms with E-state index in [4.69, 9.17) is 1.37 Å². The van der Waals surface area contributed by atoms with E-state index in [1.54, 1.807) is 0 Å². The molecule has 1 atom stereocenters. The molecule has 0 rings (SSSR count). The summed E-state index contributed by atoms with van der Waals surface area (Å²) < 4.78 is 40.1. The molecular weight excluding hydrogens is 173 g/mol. The fourth-order valence-electron chi connectivity index (χ4n) is 0. The number of hydrogen-bond donors (Lipinski definition) is 0. The van der Waals surface area contributed by atoms with Gasteiger partial charge in [-0.2, -0.15) is 13.2 Å². The fraction of sp³-hybridized carbons (Fsp3) is 1.00. The Bertz CT molecular complexity index is 71.4. The van der Waals surface area contributed by atoms with Gasteiger partial charge in [0.1, 0.15) is 4.83 Å². The van der Waals surface area contributed by atoms with Crippen molar-refractivity contribution < 1.29 is 14.5 Å². The van der Waals surface area contributed by atoms with Gasteiger partial charge in [0.2, 0.25) is 0 Å². The van der Waals surface area contributed by atoms with Crippen molar-refractivity contribution in [3.8, 4) is 0 Å². The molecule has 1 unspecified atom stereocenters. The monoisotopic (exact) mass is 177 g/mol. The first-order valence-corrected chi connectivity index (χ1v) is 2.40. The van der Waals surface area contributed by atoms with Crippen molar-refractivity contribution in [1.29, 1.82) is 0 Å². The van der Waals surface area contributed by atoms with E-state index in [0.717, 1.165) is 0 Å². The van der Waals surface area contributed by atoms with Gasteiger partial charge >= 0.3 is 6.18 Å². The van der Waals surface area contributed by atoms with Crippen molar-refractivity contribution in [3.05, 3.63) is 0 Å². The molecule has 0 N–H and O–H groups in total. The van der Waals surface area contributed by atoms with E-state index in [1.165, 1.54) is 0 Å². The second-order valence-electron chi connectivity index (χ2n) is 1.01. The van der Waals surface area contributed by atoms with Crippen molar-refractivity contribution in [2.75, 3.05) is 0 Å². The van der Waals surface area contributed by atoms with Crippen LogP contribution in [0.25, 0.3) is 0 Å². The van der Waals surface area contributed by atoms with Crippen molar-refractivity contribution >= 4 is 15.9 Å². The summed E-state index contributed by atoms with van der Waals surface area (Å²) in [6, 6.07) is 0. The van der Waals surface area contributed by atoms with Crippen molar-refractivity contribution in [2.45, 2.75) is 17.9 Å². The summed E-state index contributed by atoms with van der Waals surface area (Å²) >= 11 is 2.28. The first-order valence-electron chi connectivity index (χ1n) is 2.19. The Hall–Kier alpha value is 0.270. The van der Waals surface area contributed by atoms with Crippen LogP contribution >= 0.6 is 15.9 Å². The van der Waals surface area contributed by atoms with Crippen LogP contribution < -0.4 is 0 Å². The molecule has 0 aliphatic rings. The predicted molar refractivity (Wildman–Crippen MR) is 24.4 cm³/mol. The second-order valence-corrected chi connectivity index (χ2v) is 2.11. The van der Waals surface area contributed by atoms with Crippen LogP contribution in [0, 0.1) is 0 Å². The molecule has 0 fully saturated rings. The quantitative estimate of drug-likeness (QED) is 0.499. The lowest BCUT2D eigenvalue weighted by Gasteiger charge is -2.05. The summed E-state index contributed by atoms with van der Waals surface area (Å²) in [4.78, 5) is -1.67. The molecule has 0 nitrogen and oxygen atoms in total. The molecule has 0 aliphatic heterocycles. The van der Waals surface area contributed by atoms with Gasteiger partial charge in [-0.05, 0) is 6.90 Å². The van der Waals surface area contributed by atoms with Crippen molar-refractivity contribution in [1.82, 2.24) is 0 Å². The summed E-state index contributed by atoms with van der Waals surface area (Å²) in [5.74, 6) is 0. The van der Waals surface area contributed by atoms with Gasteiger partial charge in [0.15, 0.2) is 0 Å². The van der Waals surface area contributed by atoms with Crippen molar-refractivity contribution in [3.63, 3.8) is 0 Å². The van der Waals surface area contributed by atoms with Crippen LogP contribution in [-0.2, 0) is 0 Å². The Morgan fingerprint density at radius 2 is 2.14 bits per heavy atom. The fourth-order valence-corrected chi connectivity index (χ4v) is 0. The molecule has 4 heteroatoms. The molecular formula is C3H4BrF3. The molecule has 0 saturated carbocycles. The third kappa shape index (κ3) is 2.91. The van der Waals surface area contributed by atoms with Crippen LogP contribution in [0.5, 0.6) is 0 Å². The average molecular weight is 178 g/mol. The van der Waals surface area contributed by atoms with E-state index >= 15 is 0 Å². The van der Waals surface area contributed by atoms with Crippen LogP contribution in [0.4, 0.5) is 13.2 Å². The van der Waals surface area contributed by atoms with Crippen LogP contribution in [0.3, 0.4) is 0 Å². The van der Waals surface area contributed by atoms with Gasteiger partial charge < -0.3 is 0 Å². The molecule has 0 amide bonds. The largest absolute Gasteiger partial charge is 0.400 e. The van der Waals surface area contributed by atoms with E-state index in [-0.39, 0.29) is 0 Å².